The van der Waals surface area contributed by atoms with Gasteiger partial charge in [-0.15, -0.1) is 0 Å². The summed E-state index contributed by atoms with van der Waals surface area (Å²) in [4.78, 5) is 2.54. The number of piperidine rings is 1. The van der Waals surface area contributed by atoms with Gasteiger partial charge in [0.05, 0.1) is 5.60 Å². The molecule has 1 aliphatic heterocycles. The fourth-order valence-electron chi connectivity index (χ4n) is 2.30. The predicted molar refractivity (Wildman–Crippen MR) is 64.9 cm³/mol. The van der Waals surface area contributed by atoms with Gasteiger partial charge in [-0.05, 0) is 64.6 Å². The Bertz CT molecular complexity index is 175. The van der Waals surface area contributed by atoms with E-state index in [9.17, 15) is 5.11 Å². The van der Waals surface area contributed by atoms with E-state index in [1.165, 1.54) is 26.1 Å². The summed E-state index contributed by atoms with van der Waals surface area (Å²) >= 11 is 0. The van der Waals surface area contributed by atoms with Crippen LogP contribution in [0.3, 0.4) is 0 Å². The summed E-state index contributed by atoms with van der Waals surface area (Å²) in [5, 5.41) is 9.93. The molecular formula is C13H27NO. The lowest BCUT2D eigenvalue weighted by molar-refractivity contribution is -0.0129. The molecule has 1 rings (SSSR count). The molecule has 1 saturated heterocycles. The molecule has 1 aliphatic rings. The normalized spacial score (nSPS) is 21.2. The van der Waals surface area contributed by atoms with Gasteiger partial charge >= 0.3 is 0 Å². The lowest BCUT2D eigenvalue weighted by Crippen LogP contribution is -2.42. The molecule has 0 saturated carbocycles. The second kappa shape index (κ2) is 5.31. The van der Waals surface area contributed by atoms with Gasteiger partial charge in [-0.25, -0.2) is 0 Å². The molecule has 0 aromatic heterocycles. The second-order valence-corrected chi connectivity index (χ2v) is 5.95. The van der Waals surface area contributed by atoms with Crippen LogP contribution in [-0.2, 0) is 0 Å². The van der Waals surface area contributed by atoms with E-state index in [1.54, 1.807) is 0 Å². The first-order chi connectivity index (χ1) is 6.89. The van der Waals surface area contributed by atoms with Crippen LogP contribution in [0, 0.1) is 11.8 Å². The Morgan fingerprint density at radius 3 is 2.20 bits per heavy atom. The molecule has 0 aromatic rings. The zero-order valence-corrected chi connectivity index (χ0v) is 10.8. The van der Waals surface area contributed by atoms with Crippen molar-refractivity contribution < 1.29 is 5.11 Å². The third-order valence-corrected chi connectivity index (χ3v) is 3.61. The minimum Gasteiger partial charge on any atom is -0.390 e. The van der Waals surface area contributed by atoms with E-state index < -0.39 is 5.60 Å². The minimum atomic E-state index is -0.482. The molecule has 0 bridgehead atoms. The average Bonchev–Trinajstić information content (AvgIpc) is 2.14. The van der Waals surface area contributed by atoms with Gasteiger partial charge in [0.25, 0.3) is 0 Å². The highest BCUT2D eigenvalue weighted by atomic mass is 16.3. The smallest absolute Gasteiger partial charge is 0.0620 e. The van der Waals surface area contributed by atoms with Gasteiger partial charge < -0.3 is 10.0 Å². The summed E-state index contributed by atoms with van der Waals surface area (Å²) in [6, 6.07) is 0. The number of hydrogen-bond acceptors (Lipinski definition) is 2. The molecule has 90 valence electrons. The average molecular weight is 213 g/mol. The number of aliphatic hydroxyl groups is 1. The summed E-state index contributed by atoms with van der Waals surface area (Å²) < 4.78 is 0. The summed E-state index contributed by atoms with van der Waals surface area (Å²) in [5.74, 6) is 1.30. The number of likely N-dealkylation sites (tertiary alicyclic amines) is 1. The molecule has 0 atom stereocenters. The van der Waals surface area contributed by atoms with Crippen LogP contribution in [-0.4, -0.2) is 35.2 Å². The fourth-order valence-corrected chi connectivity index (χ4v) is 2.30. The maximum absolute atomic E-state index is 9.93. The van der Waals surface area contributed by atoms with Crippen molar-refractivity contribution in [3.63, 3.8) is 0 Å². The Labute approximate surface area is 94.7 Å². The standard InChI is InChI=1S/C13H27NO/c1-11(2)5-8-14-9-6-12(7-10-14)13(3,4)15/h11-12,15H,5-10H2,1-4H3. The second-order valence-electron chi connectivity index (χ2n) is 5.95. The van der Waals surface area contributed by atoms with Gasteiger partial charge in [-0.1, -0.05) is 13.8 Å². The lowest BCUT2D eigenvalue weighted by atomic mass is 9.83. The molecule has 0 radical (unpaired) electrons. The monoisotopic (exact) mass is 213 g/mol. The Balaban J connectivity index is 2.24. The molecular weight excluding hydrogens is 186 g/mol. The van der Waals surface area contributed by atoms with Gasteiger partial charge in [-0.3, -0.25) is 0 Å². The number of nitrogens with zero attached hydrogens (tertiary/aromatic N) is 1. The van der Waals surface area contributed by atoms with Crippen molar-refractivity contribution in [2.24, 2.45) is 11.8 Å². The lowest BCUT2D eigenvalue weighted by Gasteiger charge is -2.38. The van der Waals surface area contributed by atoms with Gasteiger partial charge in [0.1, 0.15) is 0 Å². The van der Waals surface area contributed by atoms with Crippen LogP contribution in [0.5, 0.6) is 0 Å². The van der Waals surface area contributed by atoms with Crippen molar-refractivity contribution >= 4 is 0 Å². The molecule has 2 nitrogen and oxygen atoms in total. The zero-order valence-electron chi connectivity index (χ0n) is 10.8. The van der Waals surface area contributed by atoms with E-state index >= 15 is 0 Å². The largest absolute Gasteiger partial charge is 0.390 e. The molecule has 0 aliphatic carbocycles. The van der Waals surface area contributed by atoms with Gasteiger partial charge in [-0.2, -0.15) is 0 Å². The highest BCUT2D eigenvalue weighted by Crippen LogP contribution is 2.27. The number of rotatable bonds is 4. The first kappa shape index (κ1) is 13.0. The third-order valence-electron chi connectivity index (χ3n) is 3.61. The fraction of sp³-hybridized carbons (Fsp3) is 1.00. The van der Waals surface area contributed by atoms with Gasteiger partial charge in [0, 0.05) is 0 Å². The van der Waals surface area contributed by atoms with E-state index in [0.717, 1.165) is 18.8 Å². The molecule has 1 heterocycles. The van der Waals surface area contributed by atoms with Crippen LogP contribution in [0.4, 0.5) is 0 Å². The van der Waals surface area contributed by atoms with Gasteiger partial charge in [0.2, 0.25) is 0 Å². The Morgan fingerprint density at radius 1 is 1.27 bits per heavy atom. The molecule has 15 heavy (non-hydrogen) atoms. The first-order valence-corrected chi connectivity index (χ1v) is 6.34. The Hall–Kier alpha value is -0.0800. The molecule has 0 spiro atoms. The van der Waals surface area contributed by atoms with Crippen LogP contribution in [0.25, 0.3) is 0 Å². The van der Waals surface area contributed by atoms with E-state index in [0.29, 0.717) is 5.92 Å². The zero-order chi connectivity index (χ0) is 11.5. The van der Waals surface area contributed by atoms with Crippen LogP contribution in [0.1, 0.15) is 47.0 Å². The minimum absolute atomic E-state index is 0.482. The quantitative estimate of drug-likeness (QED) is 0.775. The summed E-state index contributed by atoms with van der Waals surface area (Å²) in [5.41, 5.74) is -0.482. The summed E-state index contributed by atoms with van der Waals surface area (Å²) in [6.07, 6.45) is 3.61. The van der Waals surface area contributed by atoms with Crippen molar-refractivity contribution in [3.8, 4) is 0 Å². The third kappa shape index (κ3) is 4.52. The van der Waals surface area contributed by atoms with Crippen LogP contribution in [0.15, 0.2) is 0 Å². The maximum atomic E-state index is 9.93. The Morgan fingerprint density at radius 2 is 1.80 bits per heavy atom. The first-order valence-electron chi connectivity index (χ1n) is 6.34. The van der Waals surface area contributed by atoms with Crippen molar-refractivity contribution in [1.82, 2.24) is 4.90 Å². The van der Waals surface area contributed by atoms with Crippen molar-refractivity contribution in [2.45, 2.75) is 52.6 Å². The van der Waals surface area contributed by atoms with E-state index in [1.807, 2.05) is 13.8 Å². The molecule has 1 fully saturated rings. The molecule has 0 aromatic carbocycles. The summed E-state index contributed by atoms with van der Waals surface area (Å²) in [7, 11) is 0. The van der Waals surface area contributed by atoms with Crippen LogP contribution >= 0.6 is 0 Å². The predicted octanol–water partition coefficient (Wildman–Crippen LogP) is 2.52. The summed E-state index contributed by atoms with van der Waals surface area (Å²) in [6.45, 7) is 12.0. The Kier molecular flexibility index (Phi) is 4.60. The van der Waals surface area contributed by atoms with Crippen molar-refractivity contribution in [1.29, 1.82) is 0 Å². The SMILES string of the molecule is CC(C)CCN1CCC(C(C)(C)O)CC1. The molecule has 0 amide bonds. The molecule has 2 heteroatoms. The maximum Gasteiger partial charge on any atom is 0.0620 e. The van der Waals surface area contributed by atoms with Gasteiger partial charge in [0.15, 0.2) is 0 Å². The van der Waals surface area contributed by atoms with Crippen molar-refractivity contribution in [3.05, 3.63) is 0 Å². The highest BCUT2D eigenvalue weighted by molar-refractivity contribution is 4.82. The van der Waals surface area contributed by atoms with Crippen LogP contribution in [0.2, 0.25) is 0 Å². The van der Waals surface area contributed by atoms with Crippen molar-refractivity contribution in [2.75, 3.05) is 19.6 Å². The number of hydrogen-bond donors (Lipinski definition) is 1. The van der Waals surface area contributed by atoms with E-state index in [-0.39, 0.29) is 0 Å². The van der Waals surface area contributed by atoms with E-state index in [2.05, 4.69) is 18.7 Å². The molecule has 1 N–H and O–H groups in total. The topological polar surface area (TPSA) is 23.5 Å². The van der Waals surface area contributed by atoms with Crippen LogP contribution < -0.4 is 0 Å². The van der Waals surface area contributed by atoms with E-state index in [4.69, 9.17) is 0 Å². The molecule has 0 unspecified atom stereocenters. The highest BCUT2D eigenvalue weighted by Gasteiger charge is 2.30.